The first-order chi connectivity index (χ1) is 10.8. The van der Waals surface area contributed by atoms with Gasteiger partial charge in [-0.05, 0) is 25.7 Å². The molecular weight excluding hydrogens is 278 g/mol. The average molecular weight is 297 g/mol. The number of amides is 1. The molecule has 1 amide bonds. The van der Waals surface area contributed by atoms with Gasteiger partial charge in [0.2, 0.25) is 0 Å². The van der Waals surface area contributed by atoms with E-state index < -0.39 is 0 Å². The third-order valence-corrected chi connectivity index (χ3v) is 4.46. The van der Waals surface area contributed by atoms with Crippen LogP contribution < -0.4 is 5.32 Å². The van der Waals surface area contributed by atoms with Gasteiger partial charge in [0.15, 0.2) is 0 Å². The Kier molecular flexibility index (Phi) is 3.36. The lowest BCUT2D eigenvalue weighted by Crippen LogP contribution is -2.18. The highest BCUT2D eigenvalue weighted by Crippen LogP contribution is 2.37. The number of hydrogen-bond donors (Lipinski definition) is 1. The molecule has 2 aliphatic rings. The molecule has 0 aromatic carbocycles. The quantitative estimate of drug-likeness (QED) is 0.941. The molecule has 0 saturated heterocycles. The Hall–Kier alpha value is -2.24. The lowest BCUT2D eigenvalue weighted by molar-refractivity contribution is 0.102. The fourth-order valence-electron chi connectivity index (χ4n) is 3.05. The minimum absolute atomic E-state index is 0.179. The highest BCUT2D eigenvalue weighted by molar-refractivity contribution is 6.03. The molecule has 2 aromatic rings. The summed E-state index contributed by atoms with van der Waals surface area (Å²) in [7, 11) is 0. The summed E-state index contributed by atoms with van der Waals surface area (Å²) in [5.74, 6) is 1.93. The lowest BCUT2D eigenvalue weighted by Gasteiger charge is -2.14. The molecule has 0 radical (unpaired) electrons. The molecule has 22 heavy (non-hydrogen) atoms. The summed E-state index contributed by atoms with van der Waals surface area (Å²) in [6.45, 7) is 0. The minimum Gasteiger partial charge on any atom is -0.307 e. The zero-order chi connectivity index (χ0) is 14.9. The molecule has 4 rings (SSSR count). The molecule has 0 aliphatic heterocycles. The van der Waals surface area contributed by atoms with Crippen molar-refractivity contribution in [3.05, 3.63) is 36.0 Å². The second-order valence-corrected chi connectivity index (χ2v) is 6.16. The van der Waals surface area contributed by atoms with Gasteiger partial charge in [0.05, 0.1) is 17.8 Å². The first-order valence-electron chi connectivity index (χ1n) is 7.98. The summed E-state index contributed by atoms with van der Waals surface area (Å²) in [6.07, 6.45) is 12.0. The van der Waals surface area contributed by atoms with Crippen LogP contribution in [0.3, 0.4) is 0 Å². The first-order valence-corrected chi connectivity index (χ1v) is 7.98. The van der Waals surface area contributed by atoms with Crippen LogP contribution in [-0.4, -0.2) is 25.7 Å². The van der Waals surface area contributed by atoms with Crippen molar-refractivity contribution in [2.75, 3.05) is 5.32 Å². The first kappa shape index (κ1) is 13.4. The normalized spacial score (nSPS) is 18.5. The number of carbonyl (C=O) groups is 1. The van der Waals surface area contributed by atoms with Crippen LogP contribution in [0.1, 0.15) is 66.7 Å². The molecule has 6 heteroatoms. The molecule has 2 aromatic heterocycles. The van der Waals surface area contributed by atoms with E-state index in [0.717, 1.165) is 37.3 Å². The van der Waals surface area contributed by atoms with Crippen molar-refractivity contribution in [2.24, 2.45) is 0 Å². The standard InChI is InChI=1S/C16H19N5O/c22-16(12-9-17-15(18-10-12)11-5-6-11)20-14-7-8-19-21(14)13-3-1-2-4-13/h7-11,13H,1-6H2,(H,20,22). The number of aromatic nitrogens is 4. The van der Waals surface area contributed by atoms with Crippen LogP contribution >= 0.6 is 0 Å². The molecule has 6 nitrogen and oxygen atoms in total. The topological polar surface area (TPSA) is 72.7 Å². The van der Waals surface area contributed by atoms with Gasteiger partial charge in [0.1, 0.15) is 11.6 Å². The number of carbonyl (C=O) groups excluding carboxylic acids is 1. The third kappa shape index (κ3) is 2.61. The summed E-state index contributed by atoms with van der Waals surface area (Å²) in [4.78, 5) is 20.9. The van der Waals surface area contributed by atoms with E-state index in [4.69, 9.17) is 0 Å². The maximum Gasteiger partial charge on any atom is 0.259 e. The molecular formula is C16H19N5O. The van der Waals surface area contributed by atoms with Crippen molar-refractivity contribution in [1.82, 2.24) is 19.7 Å². The molecule has 2 heterocycles. The van der Waals surface area contributed by atoms with Crippen LogP contribution in [0.15, 0.2) is 24.7 Å². The predicted molar refractivity (Wildman–Crippen MR) is 81.7 cm³/mol. The van der Waals surface area contributed by atoms with Crippen LogP contribution in [0.25, 0.3) is 0 Å². The Balaban J connectivity index is 1.48. The number of rotatable bonds is 4. The van der Waals surface area contributed by atoms with Gasteiger partial charge in [0, 0.05) is 24.4 Å². The molecule has 114 valence electrons. The van der Waals surface area contributed by atoms with Crippen LogP contribution in [0.4, 0.5) is 5.82 Å². The number of nitrogens with one attached hydrogen (secondary N) is 1. The fourth-order valence-corrected chi connectivity index (χ4v) is 3.05. The van der Waals surface area contributed by atoms with Crippen molar-refractivity contribution in [3.63, 3.8) is 0 Å². The predicted octanol–water partition coefficient (Wildman–Crippen LogP) is 2.92. The van der Waals surface area contributed by atoms with E-state index >= 15 is 0 Å². The van der Waals surface area contributed by atoms with Crippen molar-refractivity contribution in [2.45, 2.75) is 50.5 Å². The molecule has 0 bridgehead atoms. The average Bonchev–Trinajstić information content (AvgIpc) is 3.06. The summed E-state index contributed by atoms with van der Waals surface area (Å²) >= 11 is 0. The Bertz CT molecular complexity index is 668. The molecule has 0 spiro atoms. The van der Waals surface area contributed by atoms with Crippen molar-refractivity contribution in [3.8, 4) is 0 Å². The van der Waals surface area contributed by atoms with Gasteiger partial charge in [0.25, 0.3) is 5.91 Å². The molecule has 2 aliphatic carbocycles. The van der Waals surface area contributed by atoms with Gasteiger partial charge in [-0.1, -0.05) is 12.8 Å². The van der Waals surface area contributed by atoms with Crippen LogP contribution in [0.5, 0.6) is 0 Å². The Labute approximate surface area is 129 Å². The summed E-state index contributed by atoms with van der Waals surface area (Å²) in [6, 6.07) is 2.24. The molecule has 1 N–H and O–H groups in total. The monoisotopic (exact) mass is 297 g/mol. The molecule has 2 saturated carbocycles. The Morgan fingerprint density at radius 3 is 2.55 bits per heavy atom. The van der Waals surface area contributed by atoms with Crippen LogP contribution in [-0.2, 0) is 0 Å². The summed E-state index contributed by atoms with van der Waals surface area (Å²) in [5.41, 5.74) is 0.489. The van der Waals surface area contributed by atoms with Gasteiger partial charge < -0.3 is 5.32 Å². The smallest absolute Gasteiger partial charge is 0.259 e. The fraction of sp³-hybridized carbons (Fsp3) is 0.500. The van der Waals surface area contributed by atoms with Gasteiger partial charge in [-0.3, -0.25) is 4.79 Å². The third-order valence-electron chi connectivity index (χ3n) is 4.46. The highest BCUT2D eigenvalue weighted by atomic mass is 16.1. The maximum atomic E-state index is 12.3. The van der Waals surface area contributed by atoms with Gasteiger partial charge in [-0.15, -0.1) is 0 Å². The van der Waals surface area contributed by atoms with Crippen molar-refractivity contribution in [1.29, 1.82) is 0 Å². The van der Waals surface area contributed by atoms with Gasteiger partial charge >= 0.3 is 0 Å². The van der Waals surface area contributed by atoms with Crippen LogP contribution in [0, 0.1) is 0 Å². The lowest BCUT2D eigenvalue weighted by atomic mass is 10.2. The molecule has 2 fully saturated rings. The van der Waals surface area contributed by atoms with E-state index in [1.807, 2.05) is 10.7 Å². The highest BCUT2D eigenvalue weighted by Gasteiger charge is 2.26. The van der Waals surface area contributed by atoms with E-state index in [2.05, 4.69) is 20.4 Å². The van der Waals surface area contributed by atoms with E-state index in [-0.39, 0.29) is 5.91 Å². The summed E-state index contributed by atoms with van der Waals surface area (Å²) in [5, 5.41) is 7.29. The van der Waals surface area contributed by atoms with E-state index in [0.29, 0.717) is 17.5 Å². The van der Waals surface area contributed by atoms with Crippen molar-refractivity contribution < 1.29 is 4.79 Å². The van der Waals surface area contributed by atoms with Crippen LogP contribution in [0.2, 0.25) is 0 Å². The van der Waals surface area contributed by atoms with E-state index in [9.17, 15) is 4.79 Å². The molecule has 0 atom stereocenters. The Morgan fingerprint density at radius 1 is 1.14 bits per heavy atom. The van der Waals surface area contributed by atoms with Crippen molar-refractivity contribution >= 4 is 11.7 Å². The minimum atomic E-state index is -0.179. The second kappa shape index (κ2) is 5.51. The molecule has 0 unspecified atom stereocenters. The second-order valence-electron chi connectivity index (χ2n) is 6.16. The zero-order valence-electron chi connectivity index (χ0n) is 12.4. The Morgan fingerprint density at radius 2 is 1.86 bits per heavy atom. The summed E-state index contributed by atoms with van der Waals surface area (Å²) < 4.78 is 1.93. The van der Waals surface area contributed by atoms with Gasteiger partial charge in [-0.25, -0.2) is 14.6 Å². The number of anilines is 1. The van der Waals surface area contributed by atoms with E-state index in [1.165, 1.54) is 12.8 Å². The maximum absolute atomic E-state index is 12.3. The zero-order valence-corrected chi connectivity index (χ0v) is 12.4. The largest absolute Gasteiger partial charge is 0.307 e. The number of hydrogen-bond acceptors (Lipinski definition) is 4. The van der Waals surface area contributed by atoms with E-state index in [1.54, 1.807) is 18.6 Å². The SMILES string of the molecule is O=C(Nc1ccnn1C1CCCC1)c1cnc(C2CC2)nc1. The van der Waals surface area contributed by atoms with Gasteiger partial charge in [-0.2, -0.15) is 5.10 Å². The number of nitrogens with zero attached hydrogens (tertiary/aromatic N) is 4.